The molecule has 3 amide bonds. The van der Waals surface area contributed by atoms with Crippen LogP contribution >= 0.6 is 0 Å². The number of carbonyl (C=O) groups excluding carboxylic acids is 3. The summed E-state index contributed by atoms with van der Waals surface area (Å²) in [6.07, 6.45) is 4.11. The second-order valence-corrected chi connectivity index (χ2v) is 9.32. The Morgan fingerprint density at radius 2 is 1.69 bits per heavy atom. The highest BCUT2D eigenvalue weighted by molar-refractivity contribution is 5.94. The normalized spacial score (nSPS) is 13.7. The lowest BCUT2D eigenvalue weighted by molar-refractivity contribution is -0.138. The molecular formula is C25H38N6O5. The first kappa shape index (κ1) is 28.8. The van der Waals surface area contributed by atoms with E-state index < -0.39 is 48.4 Å². The number of aromatic nitrogens is 1. The zero-order valence-electron chi connectivity index (χ0n) is 20.9. The number of aromatic amines is 1. The highest BCUT2D eigenvalue weighted by Crippen LogP contribution is 2.19. The molecule has 0 saturated heterocycles. The molecule has 2 rings (SSSR count). The van der Waals surface area contributed by atoms with Crippen LogP contribution in [-0.2, 0) is 25.6 Å². The molecule has 3 atom stereocenters. The number of benzene rings is 1. The van der Waals surface area contributed by atoms with Gasteiger partial charge in [-0.3, -0.25) is 19.2 Å². The summed E-state index contributed by atoms with van der Waals surface area (Å²) in [5.74, 6) is -2.75. The van der Waals surface area contributed by atoms with Crippen molar-refractivity contribution in [2.45, 2.75) is 64.1 Å². The van der Waals surface area contributed by atoms with Gasteiger partial charge in [0.2, 0.25) is 17.7 Å². The Morgan fingerprint density at radius 1 is 1.00 bits per heavy atom. The summed E-state index contributed by atoms with van der Waals surface area (Å²) >= 11 is 0. The van der Waals surface area contributed by atoms with Crippen LogP contribution in [0, 0.1) is 5.92 Å². The van der Waals surface area contributed by atoms with E-state index in [-0.39, 0.29) is 12.3 Å². The molecule has 36 heavy (non-hydrogen) atoms. The minimum atomic E-state index is -1.20. The van der Waals surface area contributed by atoms with Crippen molar-refractivity contribution < 1.29 is 24.3 Å². The molecule has 0 radical (unpaired) electrons. The van der Waals surface area contributed by atoms with Crippen molar-refractivity contribution >= 4 is 34.6 Å². The van der Waals surface area contributed by atoms with Gasteiger partial charge in [0.25, 0.3) is 0 Å². The number of fused-ring (bicyclic) bond motifs is 1. The number of carboxylic acids is 1. The Hall–Kier alpha value is -3.44. The molecule has 0 aliphatic heterocycles. The Bertz CT molecular complexity index is 1040. The van der Waals surface area contributed by atoms with Crippen molar-refractivity contribution in [1.82, 2.24) is 20.9 Å². The van der Waals surface area contributed by atoms with Crippen molar-refractivity contribution in [2.75, 3.05) is 13.1 Å². The predicted octanol–water partition coefficient (Wildman–Crippen LogP) is 0.383. The van der Waals surface area contributed by atoms with Gasteiger partial charge in [-0.1, -0.05) is 38.5 Å². The van der Waals surface area contributed by atoms with Crippen molar-refractivity contribution in [3.63, 3.8) is 0 Å². The molecule has 0 fully saturated rings. The van der Waals surface area contributed by atoms with Crippen LogP contribution in [0.3, 0.4) is 0 Å². The molecule has 11 nitrogen and oxygen atoms in total. The Balaban J connectivity index is 2.19. The van der Waals surface area contributed by atoms with E-state index in [4.69, 9.17) is 16.6 Å². The predicted molar refractivity (Wildman–Crippen MR) is 137 cm³/mol. The molecular weight excluding hydrogens is 464 g/mol. The van der Waals surface area contributed by atoms with Crippen molar-refractivity contribution in [3.8, 4) is 0 Å². The summed E-state index contributed by atoms with van der Waals surface area (Å²) in [5.41, 5.74) is 13.1. The van der Waals surface area contributed by atoms with E-state index in [9.17, 15) is 19.2 Å². The van der Waals surface area contributed by atoms with Crippen LogP contribution in [0.1, 0.15) is 45.1 Å². The molecule has 0 aliphatic rings. The number of amides is 3. The van der Waals surface area contributed by atoms with Crippen LogP contribution in [-0.4, -0.2) is 65.0 Å². The third-order valence-corrected chi connectivity index (χ3v) is 5.79. The number of para-hydroxylation sites is 1. The maximum absolute atomic E-state index is 13.3. The van der Waals surface area contributed by atoms with E-state index in [1.54, 1.807) is 6.20 Å². The molecule has 2 aromatic rings. The van der Waals surface area contributed by atoms with Crippen molar-refractivity contribution in [2.24, 2.45) is 17.4 Å². The Kier molecular flexibility index (Phi) is 11.4. The standard InChI is InChI=1S/C25H38N6O5/c1-15(2)11-20(30-23(34)18(27)8-5-6-10-26)25(36)31-21(24(35)29-14-22(32)33)12-16-13-28-19-9-4-3-7-17(16)19/h3-4,7,9,13,15,18,20-21,28H,5-6,8,10-12,14,26-27H2,1-2H3,(H,29,35)(H,30,34)(H,31,36)(H,32,33). The largest absolute Gasteiger partial charge is 0.480 e. The van der Waals surface area contributed by atoms with Crippen LogP contribution in [0.2, 0.25) is 0 Å². The average molecular weight is 503 g/mol. The van der Waals surface area contributed by atoms with Crippen molar-refractivity contribution in [3.05, 3.63) is 36.0 Å². The van der Waals surface area contributed by atoms with Gasteiger partial charge in [0.15, 0.2) is 0 Å². The molecule has 0 bridgehead atoms. The van der Waals surface area contributed by atoms with Crippen LogP contribution in [0.4, 0.5) is 0 Å². The van der Waals surface area contributed by atoms with Gasteiger partial charge in [-0.25, -0.2) is 0 Å². The molecule has 1 aromatic carbocycles. The minimum Gasteiger partial charge on any atom is -0.480 e. The van der Waals surface area contributed by atoms with E-state index in [0.29, 0.717) is 25.8 Å². The molecule has 1 aromatic heterocycles. The summed E-state index contributed by atoms with van der Waals surface area (Å²) < 4.78 is 0. The fraction of sp³-hybridized carbons (Fsp3) is 0.520. The molecule has 1 heterocycles. The lowest BCUT2D eigenvalue weighted by Gasteiger charge is -2.25. The van der Waals surface area contributed by atoms with Crippen LogP contribution in [0.15, 0.2) is 30.5 Å². The molecule has 198 valence electrons. The molecule has 0 aliphatic carbocycles. The van der Waals surface area contributed by atoms with Crippen LogP contribution < -0.4 is 27.4 Å². The summed E-state index contributed by atoms with van der Waals surface area (Å²) in [6.45, 7) is 3.75. The van der Waals surface area contributed by atoms with Crippen LogP contribution in [0.25, 0.3) is 10.9 Å². The fourth-order valence-corrected chi connectivity index (χ4v) is 3.91. The van der Waals surface area contributed by atoms with E-state index in [1.165, 1.54) is 0 Å². The van der Waals surface area contributed by atoms with Gasteiger partial charge in [-0.15, -0.1) is 0 Å². The summed E-state index contributed by atoms with van der Waals surface area (Å²) in [4.78, 5) is 52.8. The number of nitrogens with one attached hydrogen (secondary N) is 4. The van der Waals surface area contributed by atoms with Gasteiger partial charge in [-0.2, -0.15) is 0 Å². The first-order valence-electron chi connectivity index (χ1n) is 12.2. The molecule has 0 spiro atoms. The second kappa shape index (κ2) is 14.2. The number of carboxylic acid groups (broad SMARTS) is 1. The number of H-pyrrole nitrogens is 1. The maximum atomic E-state index is 13.3. The number of unbranched alkanes of at least 4 members (excludes halogenated alkanes) is 1. The zero-order chi connectivity index (χ0) is 26.7. The lowest BCUT2D eigenvalue weighted by Crippen LogP contribution is -2.56. The fourth-order valence-electron chi connectivity index (χ4n) is 3.91. The van der Waals surface area contributed by atoms with Crippen molar-refractivity contribution in [1.29, 1.82) is 0 Å². The summed E-state index contributed by atoms with van der Waals surface area (Å²) in [7, 11) is 0. The van der Waals surface area contributed by atoms with Crippen LogP contribution in [0.5, 0.6) is 0 Å². The summed E-state index contributed by atoms with van der Waals surface area (Å²) in [5, 5.41) is 17.6. The second-order valence-electron chi connectivity index (χ2n) is 9.32. The maximum Gasteiger partial charge on any atom is 0.322 e. The highest BCUT2D eigenvalue weighted by atomic mass is 16.4. The Morgan fingerprint density at radius 3 is 2.36 bits per heavy atom. The number of nitrogens with two attached hydrogens (primary N) is 2. The third-order valence-electron chi connectivity index (χ3n) is 5.79. The zero-order valence-corrected chi connectivity index (χ0v) is 20.9. The van der Waals surface area contributed by atoms with E-state index in [0.717, 1.165) is 22.9 Å². The van der Waals surface area contributed by atoms with Gasteiger partial charge in [-0.05, 0) is 43.4 Å². The number of carbonyl (C=O) groups is 4. The molecule has 11 heteroatoms. The average Bonchev–Trinajstić information content (AvgIpc) is 3.24. The van der Waals surface area contributed by atoms with Gasteiger partial charge < -0.3 is 37.5 Å². The van der Waals surface area contributed by atoms with Gasteiger partial charge >= 0.3 is 5.97 Å². The van der Waals surface area contributed by atoms with Gasteiger partial charge in [0.05, 0.1) is 6.04 Å². The molecule has 3 unspecified atom stereocenters. The lowest BCUT2D eigenvalue weighted by atomic mass is 10.00. The number of rotatable bonds is 15. The smallest absolute Gasteiger partial charge is 0.322 e. The molecule has 0 saturated carbocycles. The van der Waals surface area contributed by atoms with E-state index in [2.05, 4.69) is 20.9 Å². The van der Waals surface area contributed by atoms with Gasteiger partial charge in [0, 0.05) is 23.5 Å². The minimum absolute atomic E-state index is 0.0717. The summed E-state index contributed by atoms with van der Waals surface area (Å²) in [6, 6.07) is 4.78. The quantitative estimate of drug-likeness (QED) is 0.171. The first-order chi connectivity index (χ1) is 17.1. The monoisotopic (exact) mass is 502 g/mol. The van der Waals surface area contributed by atoms with E-state index in [1.807, 2.05) is 38.1 Å². The number of hydrogen-bond acceptors (Lipinski definition) is 6. The number of aliphatic carboxylic acids is 1. The topological polar surface area (TPSA) is 192 Å². The highest BCUT2D eigenvalue weighted by Gasteiger charge is 2.29. The number of hydrogen-bond donors (Lipinski definition) is 7. The third kappa shape index (κ3) is 8.97. The van der Waals surface area contributed by atoms with Gasteiger partial charge in [0.1, 0.15) is 18.6 Å². The SMILES string of the molecule is CC(C)CC(NC(=O)C(N)CCCCN)C(=O)NC(Cc1c[nH]c2ccccc12)C(=O)NCC(=O)O. The molecule has 9 N–H and O–H groups in total. The Labute approximate surface area is 210 Å². The first-order valence-corrected chi connectivity index (χ1v) is 12.2. The van der Waals surface area contributed by atoms with E-state index >= 15 is 0 Å².